The normalized spacial score (nSPS) is 9.40. The molecule has 0 amide bonds. The summed E-state index contributed by atoms with van der Waals surface area (Å²) in [6, 6.07) is 12.1. The minimum Gasteiger partial charge on any atom is -0.508 e. The van der Waals surface area contributed by atoms with E-state index in [-0.39, 0.29) is 24.0 Å². The average Bonchev–Trinajstić information content (AvgIpc) is 2.40. The van der Waals surface area contributed by atoms with Crippen LogP contribution in [0.2, 0.25) is 0 Å². The molecule has 0 heterocycles. The highest BCUT2D eigenvalue weighted by atomic mass is 35.5. The first-order chi connectivity index (χ1) is 9.06. The van der Waals surface area contributed by atoms with E-state index in [0.29, 0.717) is 16.9 Å². The van der Waals surface area contributed by atoms with Gasteiger partial charge in [0, 0.05) is 5.56 Å². The molecule has 4 N–H and O–H groups in total. The number of amidine groups is 1. The van der Waals surface area contributed by atoms with E-state index < -0.39 is 5.97 Å². The van der Waals surface area contributed by atoms with Crippen molar-refractivity contribution in [3.05, 3.63) is 59.7 Å². The van der Waals surface area contributed by atoms with Crippen LogP contribution in [0, 0.1) is 5.41 Å². The van der Waals surface area contributed by atoms with Crippen LogP contribution in [0.5, 0.6) is 11.5 Å². The van der Waals surface area contributed by atoms with Gasteiger partial charge in [-0.15, -0.1) is 12.4 Å². The average molecular weight is 293 g/mol. The molecule has 5 nitrogen and oxygen atoms in total. The molecule has 0 aromatic heterocycles. The summed E-state index contributed by atoms with van der Waals surface area (Å²) in [5, 5.41) is 16.4. The number of phenolic OH excluding ortho intramolecular Hbond substituents is 1. The van der Waals surface area contributed by atoms with Crippen LogP contribution >= 0.6 is 12.4 Å². The van der Waals surface area contributed by atoms with E-state index in [1.807, 2.05) is 0 Å². The minimum absolute atomic E-state index is 0. The van der Waals surface area contributed by atoms with E-state index in [1.54, 1.807) is 24.3 Å². The maximum Gasteiger partial charge on any atom is 0.343 e. The molecule has 0 unspecified atom stereocenters. The smallest absolute Gasteiger partial charge is 0.343 e. The Morgan fingerprint density at radius 1 is 1.00 bits per heavy atom. The van der Waals surface area contributed by atoms with Gasteiger partial charge < -0.3 is 15.6 Å². The molecule has 104 valence electrons. The molecule has 20 heavy (non-hydrogen) atoms. The lowest BCUT2D eigenvalue weighted by molar-refractivity contribution is 0.0735. The maximum atomic E-state index is 11.8. The van der Waals surface area contributed by atoms with Crippen molar-refractivity contribution in [2.24, 2.45) is 5.73 Å². The fraction of sp³-hybridized carbons (Fsp3) is 0. The van der Waals surface area contributed by atoms with Gasteiger partial charge in [0.25, 0.3) is 0 Å². The fourth-order valence-electron chi connectivity index (χ4n) is 1.47. The van der Waals surface area contributed by atoms with Crippen molar-refractivity contribution in [1.82, 2.24) is 0 Å². The van der Waals surface area contributed by atoms with Gasteiger partial charge in [0.2, 0.25) is 0 Å². The number of nitrogen functional groups attached to an aromatic ring is 1. The number of esters is 1. The number of ether oxygens (including phenoxy) is 1. The van der Waals surface area contributed by atoms with E-state index in [4.69, 9.17) is 21.0 Å². The Kier molecular flexibility index (Phi) is 5.11. The van der Waals surface area contributed by atoms with Crippen LogP contribution in [0.1, 0.15) is 15.9 Å². The summed E-state index contributed by atoms with van der Waals surface area (Å²) in [7, 11) is 0. The summed E-state index contributed by atoms with van der Waals surface area (Å²) in [5.41, 5.74) is 6.22. The molecular formula is C14H13ClN2O3. The second-order valence-corrected chi connectivity index (χ2v) is 3.87. The van der Waals surface area contributed by atoms with Gasteiger partial charge in [0.15, 0.2) is 0 Å². The highest BCUT2D eigenvalue weighted by molar-refractivity contribution is 5.95. The fourth-order valence-corrected chi connectivity index (χ4v) is 1.47. The maximum absolute atomic E-state index is 11.8. The van der Waals surface area contributed by atoms with Crippen LogP contribution < -0.4 is 10.5 Å². The van der Waals surface area contributed by atoms with Crippen molar-refractivity contribution < 1.29 is 14.6 Å². The van der Waals surface area contributed by atoms with Gasteiger partial charge in [0.1, 0.15) is 17.3 Å². The molecule has 0 fully saturated rings. The summed E-state index contributed by atoms with van der Waals surface area (Å²) in [4.78, 5) is 11.8. The molecule has 0 atom stereocenters. The lowest BCUT2D eigenvalue weighted by Gasteiger charge is -2.05. The zero-order valence-corrected chi connectivity index (χ0v) is 11.2. The third-order valence-corrected chi connectivity index (χ3v) is 2.48. The molecule has 0 aliphatic carbocycles. The predicted molar refractivity (Wildman–Crippen MR) is 77.8 cm³/mol. The number of aromatic hydroxyl groups is 1. The monoisotopic (exact) mass is 292 g/mol. The van der Waals surface area contributed by atoms with E-state index >= 15 is 0 Å². The molecule has 0 aliphatic rings. The van der Waals surface area contributed by atoms with E-state index in [9.17, 15) is 4.79 Å². The van der Waals surface area contributed by atoms with Crippen LogP contribution in [0.4, 0.5) is 0 Å². The molecule has 0 radical (unpaired) electrons. The van der Waals surface area contributed by atoms with E-state index in [0.717, 1.165) is 0 Å². The molecule has 0 bridgehead atoms. The SMILES string of the molecule is Cl.N=C(N)c1ccc(OC(=O)c2ccc(O)cc2)cc1. The number of carbonyl (C=O) groups is 1. The van der Waals surface area contributed by atoms with Gasteiger partial charge >= 0.3 is 5.97 Å². The standard InChI is InChI=1S/C14H12N2O3.ClH/c15-13(16)9-3-7-12(8-4-9)19-14(18)10-1-5-11(17)6-2-10;/h1-8,17H,(H3,15,16);1H. The van der Waals surface area contributed by atoms with Crippen LogP contribution in [-0.2, 0) is 0 Å². The van der Waals surface area contributed by atoms with Gasteiger partial charge in [-0.25, -0.2) is 4.79 Å². The van der Waals surface area contributed by atoms with Crippen LogP contribution in [-0.4, -0.2) is 16.9 Å². The van der Waals surface area contributed by atoms with Crippen molar-refractivity contribution in [3.8, 4) is 11.5 Å². The van der Waals surface area contributed by atoms with Crippen molar-refractivity contribution in [2.45, 2.75) is 0 Å². The first-order valence-corrected chi connectivity index (χ1v) is 5.52. The highest BCUT2D eigenvalue weighted by Crippen LogP contribution is 2.15. The number of hydrogen-bond donors (Lipinski definition) is 3. The number of nitrogens with two attached hydrogens (primary N) is 1. The van der Waals surface area contributed by atoms with Crippen molar-refractivity contribution in [3.63, 3.8) is 0 Å². The quantitative estimate of drug-likeness (QED) is 0.350. The van der Waals surface area contributed by atoms with Crippen molar-refractivity contribution in [2.75, 3.05) is 0 Å². The molecule has 2 aromatic carbocycles. The van der Waals surface area contributed by atoms with Crippen LogP contribution in [0.15, 0.2) is 48.5 Å². The lowest BCUT2D eigenvalue weighted by atomic mass is 10.2. The first-order valence-electron chi connectivity index (χ1n) is 5.52. The summed E-state index contributed by atoms with van der Waals surface area (Å²) in [6.45, 7) is 0. The zero-order chi connectivity index (χ0) is 13.8. The summed E-state index contributed by atoms with van der Waals surface area (Å²) in [5.74, 6) is -0.113. The van der Waals surface area contributed by atoms with Crippen molar-refractivity contribution in [1.29, 1.82) is 5.41 Å². The summed E-state index contributed by atoms with van der Waals surface area (Å²) in [6.07, 6.45) is 0. The van der Waals surface area contributed by atoms with E-state index in [2.05, 4.69) is 0 Å². The second kappa shape index (κ2) is 6.58. The largest absolute Gasteiger partial charge is 0.508 e. The number of rotatable bonds is 3. The number of nitrogens with one attached hydrogen (secondary N) is 1. The van der Waals surface area contributed by atoms with Gasteiger partial charge in [-0.05, 0) is 48.5 Å². The Bertz CT molecular complexity index is 609. The van der Waals surface area contributed by atoms with Gasteiger partial charge in [0.05, 0.1) is 5.56 Å². The second-order valence-electron chi connectivity index (χ2n) is 3.87. The predicted octanol–water partition coefficient (Wildman–Crippen LogP) is 2.32. The summed E-state index contributed by atoms with van der Waals surface area (Å²) < 4.78 is 5.14. The van der Waals surface area contributed by atoms with Gasteiger partial charge in [-0.2, -0.15) is 0 Å². The number of benzene rings is 2. The van der Waals surface area contributed by atoms with Crippen LogP contribution in [0.25, 0.3) is 0 Å². The Balaban J connectivity index is 0.00000200. The summed E-state index contributed by atoms with van der Waals surface area (Å²) >= 11 is 0. The third-order valence-electron chi connectivity index (χ3n) is 2.48. The Morgan fingerprint density at radius 3 is 2.00 bits per heavy atom. The Hall–Kier alpha value is -2.53. The molecular weight excluding hydrogens is 280 g/mol. The Labute approximate surface area is 121 Å². The minimum atomic E-state index is -0.518. The van der Waals surface area contributed by atoms with Gasteiger partial charge in [-0.3, -0.25) is 5.41 Å². The molecule has 6 heteroatoms. The number of hydrogen-bond acceptors (Lipinski definition) is 4. The molecule has 0 spiro atoms. The number of carbonyl (C=O) groups excluding carboxylic acids is 1. The third kappa shape index (κ3) is 3.73. The van der Waals surface area contributed by atoms with E-state index in [1.165, 1.54) is 24.3 Å². The zero-order valence-electron chi connectivity index (χ0n) is 10.4. The van der Waals surface area contributed by atoms with Crippen LogP contribution in [0.3, 0.4) is 0 Å². The molecule has 2 rings (SSSR count). The van der Waals surface area contributed by atoms with Gasteiger partial charge in [-0.1, -0.05) is 0 Å². The number of halogens is 1. The molecule has 2 aromatic rings. The first kappa shape index (κ1) is 15.5. The van der Waals surface area contributed by atoms with Crippen molar-refractivity contribution >= 4 is 24.2 Å². The molecule has 0 saturated carbocycles. The highest BCUT2D eigenvalue weighted by Gasteiger charge is 2.08. The molecule has 0 saturated heterocycles. The number of phenols is 1. The lowest BCUT2D eigenvalue weighted by Crippen LogP contribution is -2.11. The topological polar surface area (TPSA) is 96.4 Å². The Morgan fingerprint density at radius 2 is 1.50 bits per heavy atom. The molecule has 0 aliphatic heterocycles.